The van der Waals surface area contributed by atoms with Crippen LogP contribution in [0.3, 0.4) is 0 Å². The molecule has 2 N–H and O–H groups in total. The van der Waals surface area contributed by atoms with E-state index >= 15 is 0 Å². The van der Waals surface area contributed by atoms with Gasteiger partial charge in [-0.05, 0) is 31.4 Å². The molecule has 0 spiro atoms. The molecule has 0 aliphatic carbocycles. The van der Waals surface area contributed by atoms with Crippen molar-refractivity contribution >= 4 is 35.6 Å². The maximum Gasteiger partial charge on any atom is 0.191 e. The predicted molar refractivity (Wildman–Crippen MR) is 128 cm³/mol. The summed E-state index contributed by atoms with van der Waals surface area (Å²) >= 11 is 0. The Morgan fingerprint density at radius 2 is 2.00 bits per heavy atom. The zero-order valence-corrected chi connectivity index (χ0v) is 19.5. The van der Waals surface area contributed by atoms with Crippen LogP contribution in [-0.4, -0.2) is 53.4 Å². The van der Waals surface area contributed by atoms with Crippen LogP contribution >= 0.6 is 24.0 Å². The molecule has 158 valence electrons. The summed E-state index contributed by atoms with van der Waals surface area (Å²) < 4.78 is 2.32. The summed E-state index contributed by atoms with van der Waals surface area (Å²) in [6.45, 7) is 3.95. The van der Waals surface area contributed by atoms with E-state index in [1.54, 1.807) is 0 Å². The Morgan fingerprint density at radius 3 is 2.83 bits per heavy atom. The molecule has 3 heterocycles. The minimum atomic E-state index is 0. The normalized spacial score (nSPS) is 19.3. The van der Waals surface area contributed by atoms with E-state index < -0.39 is 0 Å². The second-order valence-electron chi connectivity index (χ2n) is 7.66. The van der Waals surface area contributed by atoms with Crippen molar-refractivity contribution in [3.63, 3.8) is 0 Å². The van der Waals surface area contributed by atoms with Gasteiger partial charge in [0.05, 0.1) is 0 Å². The van der Waals surface area contributed by atoms with Gasteiger partial charge in [-0.2, -0.15) is 0 Å². The fourth-order valence-electron chi connectivity index (χ4n) is 4.16. The summed E-state index contributed by atoms with van der Waals surface area (Å²) in [6, 6.07) is 11.0. The fraction of sp³-hybridized carbons (Fsp3) is 0.571. The van der Waals surface area contributed by atoms with Gasteiger partial charge < -0.3 is 20.1 Å². The van der Waals surface area contributed by atoms with Crippen molar-refractivity contribution in [3.05, 3.63) is 42.0 Å². The molecular formula is C21H32IN7. The van der Waals surface area contributed by atoms with Crippen LogP contribution in [0.5, 0.6) is 0 Å². The van der Waals surface area contributed by atoms with Crippen LogP contribution in [0.15, 0.2) is 35.3 Å². The van der Waals surface area contributed by atoms with Crippen LogP contribution < -0.4 is 15.5 Å². The molecule has 2 aliphatic heterocycles. The molecular weight excluding hydrogens is 477 g/mol. The number of benzene rings is 1. The standard InChI is InChI=1S/C21H31N7.HI/c1-22-21(24-17-12-15-27(16-17)18-8-4-2-5-9-18)23-13-11-20-26-25-19-10-6-3-7-14-28(19)20;/h2,4-5,8-9,17H,3,6-7,10-16H2,1H3,(H2,22,23,24);1H. The number of rotatable bonds is 5. The molecule has 1 saturated heterocycles. The Bertz CT molecular complexity index is 790. The van der Waals surface area contributed by atoms with Gasteiger partial charge >= 0.3 is 0 Å². The number of hydrogen-bond acceptors (Lipinski definition) is 4. The molecule has 1 atom stereocenters. The van der Waals surface area contributed by atoms with Crippen LogP contribution in [0.25, 0.3) is 0 Å². The molecule has 1 aromatic carbocycles. The maximum atomic E-state index is 4.41. The maximum absolute atomic E-state index is 4.41. The quantitative estimate of drug-likeness (QED) is 0.369. The monoisotopic (exact) mass is 509 g/mol. The van der Waals surface area contributed by atoms with Gasteiger partial charge in [0.15, 0.2) is 5.96 Å². The summed E-state index contributed by atoms with van der Waals surface area (Å²) in [5, 5.41) is 15.8. The van der Waals surface area contributed by atoms with Crippen LogP contribution in [0.4, 0.5) is 5.69 Å². The lowest BCUT2D eigenvalue weighted by Gasteiger charge is -2.20. The van der Waals surface area contributed by atoms with Crippen molar-refractivity contribution in [3.8, 4) is 0 Å². The summed E-state index contributed by atoms with van der Waals surface area (Å²) in [7, 11) is 1.84. The van der Waals surface area contributed by atoms with E-state index in [0.717, 1.165) is 63.0 Å². The molecule has 2 aliphatic rings. The van der Waals surface area contributed by atoms with Crippen LogP contribution in [0.1, 0.15) is 37.3 Å². The molecule has 0 bridgehead atoms. The van der Waals surface area contributed by atoms with Crippen molar-refractivity contribution in [1.82, 2.24) is 25.4 Å². The minimum absolute atomic E-state index is 0. The zero-order valence-electron chi connectivity index (χ0n) is 17.2. The molecule has 8 heteroatoms. The highest BCUT2D eigenvalue weighted by atomic mass is 127. The van der Waals surface area contributed by atoms with E-state index in [1.807, 2.05) is 7.05 Å². The summed E-state index contributed by atoms with van der Waals surface area (Å²) in [6.07, 6.45) is 6.80. The van der Waals surface area contributed by atoms with Gasteiger partial charge in [-0.25, -0.2) is 0 Å². The van der Waals surface area contributed by atoms with Gasteiger partial charge in [0, 0.05) is 57.8 Å². The lowest BCUT2D eigenvalue weighted by Crippen LogP contribution is -2.45. The van der Waals surface area contributed by atoms with E-state index in [9.17, 15) is 0 Å². The molecule has 2 aromatic rings. The average molecular weight is 509 g/mol. The SMILES string of the molecule is CN=C(NCCc1nnc2n1CCCCC2)NC1CCN(c2ccccc2)C1.I. The average Bonchev–Trinajstić information content (AvgIpc) is 3.28. The highest BCUT2D eigenvalue weighted by molar-refractivity contribution is 14.0. The Labute approximate surface area is 190 Å². The van der Waals surface area contributed by atoms with Gasteiger partial charge in [0.1, 0.15) is 11.6 Å². The number of para-hydroxylation sites is 1. The number of nitrogens with zero attached hydrogens (tertiary/aromatic N) is 5. The van der Waals surface area contributed by atoms with Gasteiger partial charge in [-0.1, -0.05) is 24.6 Å². The smallest absolute Gasteiger partial charge is 0.191 e. The van der Waals surface area contributed by atoms with Gasteiger partial charge in [-0.15, -0.1) is 34.2 Å². The molecule has 1 unspecified atom stereocenters. The third kappa shape index (κ3) is 5.61. The number of guanidine groups is 1. The van der Waals surface area contributed by atoms with E-state index in [-0.39, 0.29) is 24.0 Å². The van der Waals surface area contributed by atoms with Crippen LogP contribution in [-0.2, 0) is 19.4 Å². The van der Waals surface area contributed by atoms with Gasteiger partial charge in [-0.3, -0.25) is 4.99 Å². The predicted octanol–water partition coefficient (Wildman–Crippen LogP) is 2.61. The number of anilines is 1. The Morgan fingerprint density at radius 1 is 1.14 bits per heavy atom. The molecule has 1 fully saturated rings. The second-order valence-corrected chi connectivity index (χ2v) is 7.66. The summed E-state index contributed by atoms with van der Waals surface area (Å²) in [5.74, 6) is 3.12. The van der Waals surface area contributed by atoms with E-state index in [1.165, 1.54) is 24.9 Å². The van der Waals surface area contributed by atoms with Crippen molar-refractivity contribution < 1.29 is 0 Å². The number of halogens is 1. The molecule has 0 saturated carbocycles. The van der Waals surface area contributed by atoms with E-state index in [2.05, 4.69) is 65.6 Å². The molecule has 4 rings (SSSR count). The fourth-order valence-corrected chi connectivity index (χ4v) is 4.16. The molecule has 7 nitrogen and oxygen atoms in total. The van der Waals surface area contributed by atoms with Crippen molar-refractivity contribution in [2.24, 2.45) is 4.99 Å². The van der Waals surface area contributed by atoms with Crippen molar-refractivity contribution in [2.45, 2.75) is 51.1 Å². The number of aromatic nitrogens is 3. The zero-order chi connectivity index (χ0) is 19.2. The largest absolute Gasteiger partial charge is 0.369 e. The Kier molecular flexibility index (Phi) is 8.14. The molecule has 1 aromatic heterocycles. The van der Waals surface area contributed by atoms with E-state index in [4.69, 9.17) is 0 Å². The third-order valence-electron chi connectivity index (χ3n) is 5.70. The minimum Gasteiger partial charge on any atom is -0.369 e. The highest BCUT2D eigenvalue weighted by Crippen LogP contribution is 2.19. The first-order valence-electron chi connectivity index (χ1n) is 10.5. The van der Waals surface area contributed by atoms with Gasteiger partial charge in [0.2, 0.25) is 0 Å². The molecule has 29 heavy (non-hydrogen) atoms. The van der Waals surface area contributed by atoms with Crippen LogP contribution in [0, 0.1) is 0 Å². The Hall–Kier alpha value is -1.84. The van der Waals surface area contributed by atoms with Crippen LogP contribution in [0.2, 0.25) is 0 Å². The topological polar surface area (TPSA) is 70.4 Å². The molecule has 0 radical (unpaired) electrons. The number of hydrogen-bond donors (Lipinski definition) is 2. The van der Waals surface area contributed by atoms with Crippen molar-refractivity contribution in [1.29, 1.82) is 0 Å². The third-order valence-corrected chi connectivity index (χ3v) is 5.70. The summed E-state index contributed by atoms with van der Waals surface area (Å²) in [4.78, 5) is 6.83. The second kappa shape index (κ2) is 10.8. The van der Waals surface area contributed by atoms with Crippen molar-refractivity contribution in [2.75, 3.05) is 31.6 Å². The lowest BCUT2D eigenvalue weighted by atomic mass is 10.2. The number of aryl methyl sites for hydroxylation is 1. The number of aliphatic imine (C=N–C) groups is 1. The highest BCUT2D eigenvalue weighted by Gasteiger charge is 2.23. The number of fused-ring (bicyclic) bond motifs is 1. The molecule has 0 amide bonds. The Balaban J connectivity index is 0.00000240. The number of nitrogens with one attached hydrogen (secondary N) is 2. The summed E-state index contributed by atoms with van der Waals surface area (Å²) in [5.41, 5.74) is 1.29. The van der Waals surface area contributed by atoms with E-state index in [0.29, 0.717) is 6.04 Å². The first-order valence-corrected chi connectivity index (χ1v) is 10.5. The first-order chi connectivity index (χ1) is 13.8. The lowest BCUT2D eigenvalue weighted by molar-refractivity contribution is 0.597. The van der Waals surface area contributed by atoms with Gasteiger partial charge in [0.25, 0.3) is 0 Å². The first kappa shape index (κ1) is 21.9.